The van der Waals surface area contributed by atoms with Gasteiger partial charge in [0.25, 0.3) is 0 Å². The topological polar surface area (TPSA) is 40.9 Å². The molecule has 0 saturated heterocycles. The molecule has 12 heavy (non-hydrogen) atoms. The SMILES string of the molecule is C[S@](=N)(=O)c1ccc(Cl)cc1Cl. The number of hydrogen-bond acceptors (Lipinski definition) is 2. The van der Waals surface area contributed by atoms with Crippen LogP contribution in [0.3, 0.4) is 0 Å². The lowest BCUT2D eigenvalue weighted by molar-refractivity contribution is 0.679. The number of benzene rings is 1. The molecule has 1 N–H and O–H groups in total. The van der Waals surface area contributed by atoms with Gasteiger partial charge in [0.1, 0.15) is 0 Å². The van der Waals surface area contributed by atoms with Gasteiger partial charge in [0, 0.05) is 11.3 Å². The summed E-state index contributed by atoms with van der Waals surface area (Å²) in [6, 6.07) is 4.57. The lowest BCUT2D eigenvalue weighted by Gasteiger charge is -2.03. The van der Waals surface area contributed by atoms with E-state index >= 15 is 0 Å². The Morgan fingerprint density at radius 2 is 2.00 bits per heavy atom. The molecule has 0 bridgehead atoms. The average Bonchev–Trinajstić information content (AvgIpc) is 1.83. The number of nitrogens with one attached hydrogen (secondary N) is 1. The van der Waals surface area contributed by atoms with Crippen LogP contribution >= 0.6 is 23.2 Å². The molecule has 0 aliphatic rings. The Morgan fingerprint density at radius 3 is 2.42 bits per heavy atom. The molecule has 0 amide bonds. The number of rotatable bonds is 1. The molecule has 0 aromatic heterocycles. The summed E-state index contributed by atoms with van der Waals surface area (Å²) in [4.78, 5) is 0.327. The van der Waals surface area contributed by atoms with Gasteiger partial charge in [0.05, 0.1) is 19.6 Å². The molecule has 0 saturated carbocycles. The van der Waals surface area contributed by atoms with Gasteiger partial charge in [-0.3, -0.25) is 0 Å². The molecule has 0 aliphatic heterocycles. The van der Waals surface area contributed by atoms with Gasteiger partial charge >= 0.3 is 0 Å². The first-order valence-corrected chi connectivity index (χ1v) is 5.82. The highest BCUT2D eigenvalue weighted by atomic mass is 35.5. The highest BCUT2D eigenvalue weighted by Crippen LogP contribution is 2.24. The van der Waals surface area contributed by atoms with E-state index < -0.39 is 9.73 Å². The summed E-state index contributed by atoms with van der Waals surface area (Å²) in [5.41, 5.74) is 0. The molecule has 0 radical (unpaired) electrons. The Hall–Kier alpha value is -0.250. The fourth-order valence-corrected chi connectivity index (χ4v) is 2.40. The molecule has 1 aromatic carbocycles. The molecule has 2 nitrogen and oxygen atoms in total. The lowest BCUT2D eigenvalue weighted by atomic mass is 10.4. The van der Waals surface area contributed by atoms with Crippen LogP contribution in [0.25, 0.3) is 0 Å². The molecule has 0 fully saturated rings. The summed E-state index contributed by atoms with van der Waals surface area (Å²) < 4.78 is 18.5. The van der Waals surface area contributed by atoms with E-state index in [1.54, 1.807) is 6.07 Å². The molecule has 66 valence electrons. The molecule has 1 aromatic rings. The van der Waals surface area contributed by atoms with Crippen molar-refractivity contribution in [1.29, 1.82) is 4.78 Å². The molecular formula is C7H7Cl2NOS. The van der Waals surface area contributed by atoms with Crippen LogP contribution < -0.4 is 0 Å². The minimum Gasteiger partial charge on any atom is -0.249 e. The van der Waals surface area contributed by atoms with Crippen molar-refractivity contribution >= 4 is 32.9 Å². The van der Waals surface area contributed by atoms with Crippen LogP contribution in [0.4, 0.5) is 0 Å². The fourth-order valence-electron chi connectivity index (χ4n) is 0.791. The van der Waals surface area contributed by atoms with Crippen molar-refractivity contribution in [3.05, 3.63) is 28.2 Å². The van der Waals surface area contributed by atoms with Crippen molar-refractivity contribution in [3.63, 3.8) is 0 Å². The van der Waals surface area contributed by atoms with Crippen molar-refractivity contribution in [3.8, 4) is 0 Å². The highest BCUT2D eigenvalue weighted by molar-refractivity contribution is 7.91. The molecule has 1 rings (SSSR count). The molecule has 5 heteroatoms. The summed E-state index contributed by atoms with van der Waals surface area (Å²) in [5.74, 6) is 0. The van der Waals surface area contributed by atoms with E-state index in [1.165, 1.54) is 18.4 Å². The minimum atomic E-state index is -2.74. The summed E-state index contributed by atoms with van der Waals surface area (Å²) in [6.45, 7) is 0. The zero-order chi connectivity index (χ0) is 9.35. The molecule has 0 unspecified atom stereocenters. The Bertz CT molecular complexity index is 400. The predicted octanol–water partition coefficient (Wildman–Crippen LogP) is 3.03. The highest BCUT2D eigenvalue weighted by Gasteiger charge is 2.08. The van der Waals surface area contributed by atoms with Gasteiger partial charge in [-0.05, 0) is 18.2 Å². The van der Waals surface area contributed by atoms with E-state index in [1.807, 2.05) is 0 Å². The second-order valence-corrected chi connectivity index (χ2v) is 5.39. The molecule has 0 aliphatic carbocycles. The largest absolute Gasteiger partial charge is 0.249 e. The van der Waals surface area contributed by atoms with Crippen molar-refractivity contribution < 1.29 is 4.21 Å². The van der Waals surface area contributed by atoms with Crippen molar-refractivity contribution in [1.82, 2.24) is 0 Å². The maximum Gasteiger partial charge on any atom is 0.0711 e. The molecule has 0 spiro atoms. The normalized spacial score (nSPS) is 15.6. The lowest BCUT2D eigenvalue weighted by Crippen LogP contribution is -1.95. The van der Waals surface area contributed by atoms with E-state index in [0.29, 0.717) is 9.92 Å². The minimum absolute atomic E-state index is 0.282. The maximum absolute atomic E-state index is 11.3. The van der Waals surface area contributed by atoms with Crippen LogP contribution in [0.1, 0.15) is 0 Å². The number of hydrogen-bond donors (Lipinski definition) is 1. The third-order valence-electron chi connectivity index (χ3n) is 1.31. The maximum atomic E-state index is 11.3. The smallest absolute Gasteiger partial charge is 0.0711 e. The first kappa shape index (κ1) is 9.84. The standard InChI is InChI=1S/C7H7Cl2NOS/c1-12(10,11)7-3-2-5(8)4-6(7)9/h2-4,10H,1H3/t12-/m0/s1. The van der Waals surface area contributed by atoms with Gasteiger partial charge in [-0.1, -0.05) is 23.2 Å². The van der Waals surface area contributed by atoms with Crippen LogP contribution in [0.2, 0.25) is 10.0 Å². The van der Waals surface area contributed by atoms with Crippen LogP contribution in [-0.4, -0.2) is 10.5 Å². The fraction of sp³-hybridized carbons (Fsp3) is 0.143. The van der Waals surface area contributed by atoms with Gasteiger partial charge in [-0.15, -0.1) is 0 Å². The third-order valence-corrected chi connectivity index (χ3v) is 3.17. The Kier molecular flexibility index (Phi) is 2.66. The van der Waals surface area contributed by atoms with E-state index in [-0.39, 0.29) is 5.02 Å². The predicted molar refractivity (Wildman–Crippen MR) is 51.5 cm³/mol. The van der Waals surface area contributed by atoms with E-state index in [9.17, 15) is 4.21 Å². The van der Waals surface area contributed by atoms with E-state index in [2.05, 4.69) is 0 Å². The summed E-state index contributed by atoms with van der Waals surface area (Å²) in [7, 11) is -2.74. The van der Waals surface area contributed by atoms with Crippen LogP contribution in [0.15, 0.2) is 23.1 Å². The van der Waals surface area contributed by atoms with E-state index in [4.69, 9.17) is 28.0 Å². The summed E-state index contributed by atoms with van der Waals surface area (Å²) >= 11 is 11.4. The summed E-state index contributed by atoms with van der Waals surface area (Å²) in [5, 5.41) is 0.761. The Morgan fingerprint density at radius 1 is 1.42 bits per heavy atom. The Balaban J connectivity index is 3.39. The van der Waals surface area contributed by atoms with E-state index in [0.717, 1.165) is 0 Å². The van der Waals surface area contributed by atoms with Crippen LogP contribution in [0.5, 0.6) is 0 Å². The zero-order valence-electron chi connectivity index (χ0n) is 6.30. The summed E-state index contributed by atoms with van der Waals surface area (Å²) in [6.07, 6.45) is 1.32. The second kappa shape index (κ2) is 3.24. The first-order chi connectivity index (χ1) is 5.41. The van der Waals surface area contributed by atoms with Crippen LogP contribution in [0, 0.1) is 4.78 Å². The van der Waals surface area contributed by atoms with Crippen molar-refractivity contribution in [2.75, 3.05) is 6.26 Å². The van der Waals surface area contributed by atoms with Crippen molar-refractivity contribution in [2.45, 2.75) is 4.90 Å². The molecule has 1 atom stereocenters. The first-order valence-electron chi connectivity index (χ1n) is 3.10. The van der Waals surface area contributed by atoms with Gasteiger partial charge in [0.15, 0.2) is 0 Å². The number of halogens is 2. The average molecular weight is 224 g/mol. The third kappa shape index (κ3) is 2.12. The van der Waals surface area contributed by atoms with Gasteiger partial charge < -0.3 is 0 Å². The van der Waals surface area contributed by atoms with Crippen molar-refractivity contribution in [2.24, 2.45) is 0 Å². The monoisotopic (exact) mass is 223 g/mol. The van der Waals surface area contributed by atoms with Gasteiger partial charge in [-0.25, -0.2) is 8.99 Å². The Labute approximate surface area is 81.5 Å². The molecular weight excluding hydrogens is 217 g/mol. The van der Waals surface area contributed by atoms with Crippen LogP contribution in [-0.2, 0) is 9.73 Å². The van der Waals surface area contributed by atoms with Gasteiger partial charge in [0.2, 0.25) is 0 Å². The molecule has 0 heterocycles. The second-order valence-electron chi connectivity index (χ2n) is 2.42. The zero-order valence-corrected chi connectivity index (χ0v) is 8.63. The van der Waals surface area contributed by atoms with Gasteiger partial charge in [-0.2, -0.15) is 0 Å². The quantitative estimate of drug-likeness (QED) is 0.782.